The predicted octanol–water partition coefficient (Wildman–Crippen LogP) is -0.277. The maximum atomic E-state index is 11.8. The first kappa shape index (κ1) is 14.3. The SMILES string of the molecule is CCC(NC(=O)N1CCN(C(C)=O)CC1)C(=O)O. The number of carboxylic acids is 1. The molecule has 7 heteroatoms. The molecule has 1 heterocycles. The van der Waals surface area contributed by atoms with Crippen LogP contribution in [0, 0.1) is 0 Å². The fraction of sp³-hybridized carbons (Fsp3) is 0.727. The second kappa shape index (κ2) is 6.23. The van der Waals surface area contributed by atoms with Gasteiger partial charge in [-0.05, 0) is 6.42 Å². The quantitative estimate of drug-likeness (QED) is 0.728. The van der Waals surface area contributed by atoms with E-state index in [2.05, 4.69) is 5.32 Å². The van der Waals surface area contributed by atoms with Gasteiger partial charge in [0.05, 0.1) is 0 Å². The summed E-state index contributed by atoms with van der Waals surface area (Å²) in [7, 11) is 0. The van der Waals surface area contributed by atoms with Crippen LogP contribution < -0.4 is 5.32 Å². The largest absolute Gasteiger partial charge is 0.480 e. The average molecular weight is 257 g/mol. The molecule has 0 aromatic carbocycles. The fourth-order valence-electron chi connectivity index (χ4n) is 1.80. The number of carbonyl (C=O) groups excluding carboxylic acids is 2. The molecule has 1 rings (SSSR count). The molecular weight excluding hydrogens is 238 g/mol. The number of aliphatic carboxylic acids is 1. The summed E-state index contributed by atoms with van der Waals surface area (Å²) in [5.41, 5.74) is 0. The van der Waals surface area contributed by atoms with Crippen molar-refractivity contribution < 1.29 is 19.5 Å². The van der Waals surface area contributed by atoms with Gasteiger partial charge in [-0.25, -0.2) is 9.59 Å². The van der Waals surface area contributed by atoms with Gasteiger partial charge in [-0.15, -0.1) is 0 Å². The Morgan fingerprint density at radius 3 is 2.06 bits per heavy atom. The van der Waals surface area contributed by atoms with E-state index in [4.69, 9.17) is 5.11 Å². The molecule has 1 unspecified atom stereocenters. The van der Waals surface area contributed by atoms with Gasteiger partial charge in [0, 0.05) is 33.1 Å². The Morgan fingerprint density at radius 1 is 1.17 bits per heavy atom. The third-order valence-electron chi connectivity index (χ3n) is 3.02. The Hall–Kier alpha value is -1.79. The Morgan fingerprint density at radius 2 is 1.67 bits per heavy atom. The Labute approximate surface area is 106 Å². The third-order valence-corrected chi connectivity index (χ3v) is 3.02. The van der Waals surface area contributed by atoms with Crippen molar-refractivity contribution in [1.82, 2.24) is 15.1 Å². The Bertz CT molecular complexity index is 337. The summed E-state index contributed by atoms with van der Waals surface area (Å²) in [6, 6.07) is -1.24. The van der Waals surface area contributed by atoms with Gasteiger partial charge in [-0.1, -0.05) is 6.92 Å². The van der Waals surface area contributed by atoms with Crippen LogP contribution in [0.1, 0.15) is 20.3 Å². The maximum absolute atomic E-state index is 11.8. The van der Waals surface area contributed by atoms with E-state index in [1.807, 2.05) is 0 Å². The zero-order chi connectivity index (χ0) is 13.7. The van der Waals surface area contributed by atoms with Gasteiger partial charge in [0.15, 0.2) is 0 Å². The number of amides is 3. The lowest BCUT2D eigenvalue weighted by Gasteiger charge is -2.34. The van der Waals surface area contributed by atoms with E-state index < -0.39 is 12.0 Å². The fourth-order valence-corrected chi connectivity index (χ4v) is 1.80. The third kappa shape index (κ3) is 3.61. The summed E-state index contributed by atoms with van der Waals surface area (Å²) in [6.07, 6.45) is 0.342. The molecule has 0 saturated carbocycles. The van der Waals surface area contributed by atoms with Crippen molar-refractivity contribution in [2.75, 3.05) is 26.2 Å². The van der Waals surface area contributed by atoms with E-state index in [-0.39, 0.29) is 11.9 Å². The number of hydrogen-bond donors (Lipinski definition) is 2. The standard InChI is InChI=1S/C11H19N3O4/c1-3-9(10(16)17)12-11(18)14-6-4-13(5-7-14)8(2)15/h9H,3-7H2,1-2H3,(H,12,18)(H,16,17). The zero-order valence-corrected chi connectivity index (χ0v) is 10.7. The van der Waals surface area contributed by atoms with E-state index in [1.54, 1.807) is 11.8 Å². The van der Waals surface area contributed by atoms with Crippen LogP contribution in [-0.2, 0) is 9.59 Å². The van der Waals surface area contributed by atoms with Crippen molar-refractivity contribution in [2.45, 2.75) is 26.3 Å². The Kier molecular flexibility index (Phi) is 4.94. The van der Waals surface area contributed by atoms with Crippen molar-refractivity contribution >= 4 is 17.9 Å². The van der Waals surface area contributed by atoms with Crippen LogP contribution in [0.2, 0.25) is 0 Å². The highest BCUT2D eigenvalue weighted by atomic mass is 16.4. The van der Waals surface area contributed by atoms with Crippen LogP contribution in [-0.4, -0.2) is 65.0 Å². The van der Waals surface area contributed by atoms with Crippen LogP contribution >= 0.6 is 0 Å². The van der Waals surface area contributed by atoms with Gasteiger partial charge in [-0.2, -0.15) is 0 Å². The number of piperazine rings is 1. The Balaban J connectivity index is 2.45. The second-order valence-corrected chi connectivity index (χ2v) is 4.24. The molecule has 7 nitrogen and oxygen atoms in total. The average Bonchev–Trinajstić information content (AvgIpc) is 2.35. The van der Waals surface area contributed by atoms with Gasteiger partial charge in [0.2, 0.25) is 5.91 Å². The number of rotatable bonds is 3. The molecule has 18 heavy (non-hydrogen) atoms. The molecule has 0 bridgehead atoms. The number of urea groups is 1. The van der Waals surface area contributed by atoms with E-state index >= 15 is 0 Å². The molecule has 0 radical (unpaired) electrons. The van der Waals surface area contributed by atoms with E-state index in [1.165, 1.54) is 11.8 Å². The number of hydrogen-bond acceptors (Lipinski definition) is 3. The van der Waals surface area contributed by atoms with Crippen LogP contribution in [0.15, 0.2) is 0 Å². The summed E-state index contributed by atoms with van der Waals surface area (Å²) >= 11 is 0. The molecule has 102 valence electrons. The highest BCUT2D eigenvalue weighted by Crippen LogP contribution is 2.03. The lowest BCUT2D eigenvalue weighted by molar-refractivity contribution is -0.139. The van der Waals surface area contributed by atoms with Crippen molar-refractivity contribution in [2.24, 2.45) is 0 Å². The lowest BCUT2D eigenvalue weighted by atomic mass is 10.2. The van der Waals surface area contributed by atoms with Crippen molar-refractivity contribution in [3.05, 3.63) is 0 Å². The molecule has 0 aliphatic carbocycles. The van der Waals surface area contributed by atoms with Crippen LogP contribution in [0.3, 0.4) is 0 Å². The van der Waals surface area contributed by atoms with Gasteiger partial charge >= 0.3 is 12.0 Å². The first-order valence-corrected chi connectivity index (χ1v) is 5.99. The van der Waals surface area contributed by atoms with Crippen LogP contribution in [0.5, 0.6) is 0 Å². The smallest absolute Gasteiger partial charge is 0.326 e. The summed E-state index contributed by atoms with van der Waals surface area (Å²) < 4.78 is 0. The molecule has 1 atom stereocenters. The first-order valence-electron chi connectivity index (χ1n) is 5.99. The number of nitrogens with one attached hydrogen (secondary N) is 1. The zero-order valence-electron chi connectivity index (χ0n) is 10.7. The van der Waals surface area contributed by atoms with Gasteiger partial charge in [-0.3, -0.25) is 4.79 Å². The number of carboxylic acid groups (broad SMARTS) is 1. The summed E-state index contributed by atoms with van der Waals surface area (Å²) in [4.78, 5) is 36.9. The molecule has 0 aromatic heterocycles. The molecule has 1 aliphatic heterocycles. The maximum Gasteiger partial charge on any atom is 0.326 e. The molecule has 3 amide bonds. The van der Waals surface area contributed by atoms with E-state index in [0.717, 1.165) is 0 Å². The minimum atomic E-state index is -1.03. The molecule has 0 aromatic rings. The highest BCUT2D eigenvalue weighted by Gasteiger charge is 2.25. The van der Waals surface area contributed by atoms with Gasteiger partial charge in [0.1, 0.15) is 6.04 Å². The predicted molar refractivity (Wildman–Crippen MR) is 64.1 cm³/mol. The topological polar surface area (TPSA) is 90.0 Å². The second-order valence-electron chi connectivity index (χ2n) is 4.24. The molecule has 1 fully saturated rings. The van der Waals surface area contributed by atoms with Crippen molar-refractivity contribution in [3.8, 4) is 0 Å². The molecular formula is C11H19N3O4. The molecule has 1 saturated heterocycles. The molecule has 0 spiro atoms. The summed E-state index contributed by atoms with van der Waals surface area (Å²) in [5, 5.41) is 11.3. The normalized spacial score (nSPS) is 17.2. The highest BCUT2D eigenvalue weighted by molar-refractivity contribution is 5.82. The first-order chi connectivity index (χ1) is 8.45. The number of nitrogens with zero attached hydrogens (tertiary/aromatic N) is 2. The lowest BCUT2D eigenvalue weighted by Crippen LogP contribution is -2.55. The molecule has 2 N–H and O–H groups in total. The van der Waals surface area contributed by atoms with Crippen molar-refractivity contribution in [1.29, 1.82) is 0 Å². The van der Waals surface area contributed by atoms with Crippen LogP contribution in [0.25, 0.3) is 0 Å². The van der Waals surface area contributed by atoms with Crippen molar-refractivity contribution in [3.63, 3.8) is 0 Å². The summed E-state index contributed by atoms with van der Waals surface area (Å²) in [5.74, 6) is -1.04. The van der Waals surface area contributed by atoms with Crippen LogP contribution in [0.4, 0.5) is 4.79 Å². The van der Waals surface area contributed by atoms with E-state index in [0.29, 0.717) is 32.6 Å². The van der Waals surface area contributed by atoms with Gasteiger partial charge in [0.25, 0.3) is 0 Å². The molecule has 1 aliphatic rings. The van der Waals surface area contributed by atoms with Gasteiger partial charge < -0.3 is 20.2 Å². The minimum Gasteiger partial charge on any atom is -0.480 e. The van der Waals surface area contributed by atoms with E-state index in [9.17, 15) is 14.4 Å². The monoisotopic (exact) mass is 257 g/mol. The number of carbonyl (C=O) groups is 3. The minimum absolute atomic E-state index is 0.00738. The summed E-state index contributed by atoms with van der Waals surface area (Å²) in [6.45, 7) is 5.04.